The van der Waals surface area contributed by atoms with E-state index in [2.05, 4.69) is 27.3 Å². The molecule has 36 heavy (non-hydrogen) atoms. The number of anilines is 1. The van der Waals surface area contributed by atoms with Crippen molar-refractivity contribution >= 4 is 15.7 Å². The first kappa shape index (κ1) is 24.7. The number of sulfone groups is 1. The quantitative estimate of drug-likeness (QED) is 0.481. The van der Waals surface area contributed by atoms with Gasteiger partial charge in [0.05, 0.1) is 4.90 Å². The van der Waals surface area contributed by atoms with E-state index in [-0.39, 0.29) is 4.90 Å². The summed E-state index contributed by atoms with van der Waals surface area (Å²) < 4.78 is 30.8. The number of nitrogens with one attached hydrogen (secondary N) is 1. The van der Waals surface area contributed by atoms with Gasteiger partial charge in [-0.25, -0.2) is 8.42 Å². The van der Waals surface area contributed by atoms with Crippen molar-refractivity contribution in [2.24, 2.45) is 0 Å². The molecule has 1 unspecified atom stereocenters. The van der Waals surface area contributed by atoms with Crippen molar-refractivity contribution in [3.63, 3.8) is 0 Å². The monoisotopic (exact) mass is 506 g/mol. The summed E-state index contributed by atoms with van der Waals surface area (Å²) in [5.74, 6) is 1.41. The number of nitrogens with zero attached hydrogens (tertiary/aromatic N) is 3. The van der Waals surface area contributed by atoms with Crippen molar-refractivity contribution in [1.82, 2.24) is 15.1 Å². The van der Waals surface area contributed by atoms with Crippen LogP contribution in [0.3, 0.4) is 0 Å². The Balaban J connectivity index is 1.48. The molecule has 2 aromatic carbocycles. The van der Waals surface area contributed by atoms with E-state index in [1.165, 1.54) is 23.8 Å². The average Bonchev–Trinajstić information content (AvgIpc) is 3.38. The molecule has 8 heteroatoms. The molecule has 0 spiro atoms. The zero-order valence-electron chi connectivity index (χ0n) is 21.0. The van der Waals surface area contributed by atoms with E-state index in [0.29, 0.717) is 18.4 Å². The van der Waals surface area contributed by atoms with Gasteiger partial charge in [0, 0.05) is 30.0 Å². The fourth-order valence-corrected chi connectivity index (χ4v) is 5.89. The highest BCUT2D eigenvalue weighted by Crippen LogP contribution is 2.39. The number of ether oxygens (including phenoxy) is 1. The van der Waals surface area contributed by atoms with Crippen LogP contribution in [0.4, 0.5) is 5.82 Å². The van der Waals surface area contributed by atoms with E-state index in [1.807, 2.05) is 36.4 Å². The number of likely N-dealkylation sites (tertiary alicyclic amines) is 1. The van der Waals surface area contributed by atoms with E-state index < -0.39 is 9.84 Å². The minimum absolute atomic E-state index is 0.231. The van der Waals surface area contributed by atoms with Crippen molar-refractivity contribution in [2.75, 3.05) is 31.2 Å². The number of aromatic nitrogens is 2. The molecule has 1 N–H and O–H groups in total. The molecule has 0 bridgehead atoms. The molecule has 2 heterocycles. The molecule has 0 amide bonds. The van der Waals surface area contributed by atoms with Gasteiger partial charge in [-0.1, -0.05) is 37.3 Å². The lowest BCUT2D eigenvalue weighted by atomic mass is 10.0. The topological polar surface area (TPSA) is 84.4 Å². The number of fused-ring (bicyclic) bond motifs is 1. The first-order valence-corrected chi connectivity index (χ1v) is 14.7. The Morgan fingerprint density at radius 2 is 1.86 bits per heavy atom. The van der Waals surface area contributed by atoms with Crippen LogP contribution in [-0.4, -0.2) is 55.4 Å². The van der Waals surface area contributed by atoms with Crippen LogP contribution in [0.15, 0.2) is 53.4 Å². The van der Waals surface area contributed by atoms with Gasteiger partial charge in [-0.05, 0) is 74.5 Å². The van der Waals surface area contributed by atoms with E-state index in [1.54, 1.807) is 12.1 Å². The van der Waals surface area contributed by atoms with Crippen LogP contribution < -0.4 is 10.1 Å². The first-order valence-electron chi connectivity index (χ1n) is 12.8. The van der Waals surface area contributed by atoms with Gasteiger partial charge in [0.2, 0.25) is 0 Å². The molecule has 7 nitrogen and oxygen atoms in total. The van der Waals surface area contributed by atoms with Gasteiger partial charge < -0.3 is 15.0 Å². The van der Waals surface area contributed by atoms with Crippen molar-refractivity contribution in [1.29, 1.82) is 0 Å². The van der Waals surface area contributed by atoms with Crippen molar-refractivity contribution in [3.8, 4) is 17.0 Å². The Kier molecular flexibility index (Phi) is 7.25. The molecule has 1 aliphatic heterocycles. The lowest BCUT2D eigenvalue weighted by Crippen LogP contribution is -2.42. The van der Waals surface area contributed by atoms with Gasteiger partial charge in [0.15, 0.2) is 15.7 Å². The van der Waals surface area contributed by atoms with Gasteiger partial charge >= 0.3 is 0 Å². The van der Waals surface area contributed by atoms with Crippen molar-refractivity contribution in [2.45, 2.75) is 56.6 Å². The van der Waals surface area contributed by atoms with Gasteiger partial charge in [0.1, 0.15) is 18.1 Å². The Hall–Kier alpha value is -2.97. The predicted molar refractivity (Wildman–Crippen MR) is 142 cm³/mol. The van der Waals surface area contributed by atoms with Gasteiger partial charge in [-0.2, -0.15) is 0 Å². The van der Waals surface area contributed by atoms with E-state index in [9.17, 15) is 8.42 Å². The summed E-state index contributed by atoms with van der Waals surface area (Å²) in [5, 5.41) is 13.0. The highest BCUT2D eigenvalue weighted by atomic mass is 32.2. The molecule has 1 fully saturated rings. The maximum absolute atomic E-state index is 12.3. The molecule has 1 atom stereocenters. The van der Waals surface area contributed by atoms with Gasteiger partial charge in [-0.15, -0.1) is 10.2 Å². The second-order valence-corrected chi connectivity index (χ2v) is 11.8. The summed E-state index contributed by atoms with van der Waals surface area (Å²) in [7, 11) is -3.38. The summed E-state index contributed by atoms with van der Waals surface area (Å²) in [6, 6.07) is 15.3. The zero-order valence-corrected chi connectivity index (χ0v) is 21.9. The fraction of sp³-hybridized carbons (Fsp3) is 0.429. The van der Waals surface area contributed by atoms with Crippen LogP contribution >= 0.6 is 0 Å². The number of benzene rings is 2. The van der Waals surface area contributed by atoms with Crippen LogP contribution in [0.5, 0.6) is 5.75 Å². The Labute approximate surface area is 213 Å². The van der Waals surface area contributed by atoms with Gasteiger partial charge in [-0.3, -0.25) is 0 Å². The second kappa shape index (κ2) is 10.6. The Morgan fingerprint density at radius 1 is 1.06 bits per heavy atom. The highest BCUT2D eigenvalue weighted by molar-refractivity contribution is 7.90. The zero-order chi connectivity index (χ0) is 25.1. The van der Waals surface area contributed by atoms with Crippen LogP contribution in [0, 0.1) is 0 Å². The molecule has 5 rings (SSSR count). The van der Waals surface area contributed by atoms with E-state index in [0.717, 1.165) is 68.0 Å². The Bertz CT molecular complexity index is 1330. The van der Waals surface area contributed by atoms with Crippen molar-refractivity contribution < 1.29 is 13.2 Å². The van der Waals surface area contributed by atoms with Crippen LogP contribution in [0.2, 0.25) is 0 Å². The van der Waals surface area contributed by atoms with Crippen LogP contribution in [-0.2, 0) is 29.3 Å². The average molecular weight is 507 g/mol. The third kappa shape index (κ3) is 5.39. The highest BCUT2D eigenvalue weighted by Gasteiger charge is 2.27. The smallest absolute Gasteiger partial charge is 0.175 e. The summed E-state index contributed by atoms with van der Waals surface area (Å²) >= 11 is 0. The second-order valence-electron chi connectivity index (χ2n) is 9.79. The lowest BCUT2D eigenvalue weighted by molar-refractivity contribution is 0.226. The van der Waals surface area contributed by atoms with Crippen LogP contribution in [0.25, 0.3) is 11.3 Å². The molecule has 190 valence electrons. The largest absolute Gasteiger partial charge is 0.488 e. The maximum atomic E-state index is 12.3. The molecule has 3 aromatic rings. The minimum atomic E-state index is -3.38. The predicted octanol–water partition coefficient (Wildman–Crippen LogP) is 4.51. The standard InChI is InChI=1S/C28H34N4O3S/c1-3-32-16-8-11-21(18-32)29-28-24-13-7-12-23(24)27(30-31-28)25-15-14-22(36(2,33)34)17-26(25)35-19-20-9-5-4-6-10-20/h4-6,9-10,14-15,17,21H,3,7-8,11-13,16,18-19H2,1-2H3,(H,29,31). The first-order chi connectivity index (χ1) is 17.4. The normalized spacial score (nSPS) is 18.1. The lowest BCUT2D eigenvalue weighted by Gasteiger charge is -2.32. The number of hydrogen-bond donors (Lipinski definition) is 1. The molecule has 1 aliphatic carbocycles. The fourth-order valence-electron chi connectivity index (χ4n) is 5.26. The SMILES string of the molecule is CCN1CCCC(Nc2nnc(-c3ccc(S(C)(=O)=O)cc3OCc3ccccc3)c3c2CCC3)C1. The molecular weight excluding hydrogens is 472 g/mol. The third-order valence-electron chi connectivity index (χ3n) is 7.21. The molecule has 1 aromatic heterocycles. The molecule has 0 saturated carbocycles. The summed E-state index contributed by atoms with van der Waals surface area (Å²) in [6.45, 7) is 5.80. The van der Waals surface area contributed by atoms with Gasteiger partial charge in [0.25, 0.3) is 0 Å². The number of hydrogen-bond acceptors (Lipinski definition) is 7. The number of rotatable bonds is 8. The minimum Gasteiger partial charge on any atom is -0.488 e. The van der Waals surface area contributed by atoms with E-state index >= 15 is 0 Å². The number of likely N-dealkylation sites (N-methyl/N-ethyl adjacent to an activating group) is 1. The summed E-state index contributed by atoms with van der Waals surface area (Å²) in [5.41, 5.74) is 5.00. The summed E-state index contributed by atoms with van der Waals surface area (Å²) in [4.78, 5) is 2.71. The molecule has 1 saturated heterocycles. The molecule has 2 aliphatic rings. The summed E-state index contributed by atoms with van der Waals surface area (Å²) in [6.07, 6.45) is 6.48. The maximum Gasteiger partial charge on any atom is 0.175 e. The van der Waals surface area contributed by atoms with E-state index in [4.69, 9.17) is 4.74 Å². The molecular formula is C28H34N4O3S. The third-order valence-corrected chi connectivity index (χ3v) is 8.32. The Morgan fingerprint density at radius 3 is 2.64 bits per heavy atom. The number of piperidine rings is 1. The van der Waals surface area contributed by atoms with Crippen LogP contribution in [0.1, 0.15) is 42.9 Å². The molecule has 0 radical (unpaired) electrons. The van der Waals surface area contributed by atoms with Crippen molar-refractivity contribution in [3.05, 3.63) is 65.2 Å².